The highest BCUT2D eigenvalue weighted by molar-refractivity contribution is 6.33. The van der Waals surface area contributed by atoms with Crippen LogP contribution in [-0.4, -0.2) is 34.4 Å². The van der Waals surface area contributed by atoms with Gasteiger partial charge in [-0.2, -0.15) is 0 Å². The standard InChI is InChI=1S/C12H14ClN3O/c1-5-6-16(4)12(17)10-9(13)7-14-11(15-10)8(2)3/h1,7-8H,6H2,2-4H3. The Hall–Kier alpha value is -1.60. The minimum Gasteiger partial charge on any atom is -0.329 e. The van der Waals surface area contributed by atoms with E-state index in [1.54, 1.807) is 7.05 Å². The maximum absolute atomic E-state index is 12.0. The van der Waals surface area contributed by atoms with E-state index in [0.29, 0.717) is 5.82 Å². The Kier molecular flexibility index (Phi) is 4.47. The van der Waals surface area contributed by atoms with Gasteiger partial charge < -0.3 is 4.90 Å². The van der Waals surface area contributed by atoms with Crippen LogP contribution in [0.1, 0.15) is 36.1 Å². The average Bonchev–Trinajstić information content (AvgIpc) is 2.28. The first-order chi connectivity index (χ1) is 7.97. The van der Waals surface area contributed by atoms with Gasteiger partial charge in [0, 0.05) is 13.0 Å². The monoisotopic (exact) mass is 251 g/mol. The highest BCUT2D eigenvalue weighted by Gasteiger charge is 2.18. The first-order valence-corrected chi connectivity index (χ1v) is 5.56. The molecule has 90 valence electrons. The molecule has 1 amide bonds. The maximum atomic E-state index is 12.0. The van der Waals surface area contributed by atoms with Crippen LogP contribution in [-0.2, 0) is 0 Å². The summed E-state index contributed by atoms with van der Waals surface area (Å²) in [6.45, 7) is 4.11. The van der Waals surface area contributed by atoms with Crippen LogP contribution in [0, 0.1) is 12.3 Å². The number of amides is 1. The van der Waals surface area contributed by atoms with Gasteiger partial charge in [0.15, 0.2) is 5.69 Å². The molecule has 5 heteroatoms. The molecule has 0 bridgehead atoms. The van der Waals surface area contributed by atoms with Crippen LogP contribution in [0.15, 0.2) is 6.20 Å². The van der Waals surface area contributed by atoms with Crippen molar-refractivity contribution in [3.05, 3.63) is 22.7 Å². The summed E-state index contributed by atoms with van der Waals surface area (Å²) in [4.78, 5) is 21.6. The number of aromatic nitrogens is 2. The summed E-state index contributed by atoms with van der Waals surface area (Å²) in [5.74, 6) is 2.82. The molecule has 0 aliphatic heterocycles. The summed E-state index contributed by atoms with van der Waals surface area (Å²) in [5, 5.41) is 0.239. The number of hydrogen-bond donors (Lipinski definition) is 0. The van der Waals surface area contributed by atoms with Crippen LogP contribution in [0.4, 0.5) is 0 Å². The lowest BCUT2D eigenvalue weighted by atomic mass is 10.2. The molecule has 0 aliphatic rings. The molecule has 0 fully saturated rings. The molecule has 17 heavy (non-hydrogen) atoms. The topological polar surface area (TPSA) is 46.1 Å². The summed E-state index contributed by atoms with van der Waals surface area (Å²) < 4.78 is 0. The van der Waals surface area contributed by atoms with Crippen LogP contribution < -0.4 is 0 Å². The summed E-state index contributed by atoms with van der Waals surface area (Å²) >= 11 is 5.92. The van der Waals surface area contributed by atoms with Crippen molar-refractivity contribution in [3.63, 3.8) is 0 Å². The lowest BCUT2D eigenvalue weighted by molar-refractivity contribution is 0.0806. The average molecular weight is 252 g/mol. The van der Waals surface area contributed by atoms with Gasteiger partial charge in [-0.25, -0.2) is 9.97 Å². The Morgan fingerprint density at radius 3 is 2.82 bits per heavy atom. The molecule has 0 unspecified atom stereocenters. The molecule has 0 spiro atoms. The molecule has 0 saturated heterocycles. The number of terminal acetylenes is 1. The molecule has 1 aromatic rings. The molecule has 0 radical (unpaired) electrons. The third-order valence-corrected chi connectivity index (χ3v) is 2.43. The fourth-order valence-electron chi connectivity index (χ4n) is 1.20. The molecule has 0 saturated carbocycles. The van der Waals surface area contributed by atoms with Gasteiger partial charge >= 0.3 is 0 Å². The number of nitrogens with zero attached hydrogens (tertiary/aromatic N) is 3. The Labute approximate surface area is 106 Å². The largest absolute Gasteiger partial charge is 0.329 e. The van der Waals surface area contributed by atoms with Gasteiger partial charge in [0.25, 0.3) is 5.91 Å². The van der Waals surface area contributed by atoms with Gasteiger partial charge in [0.1, 0.15) is 5.82 Å². The SMILES string of the molecule is C#CCN(C)C(=O)c1nc(C(C)C)ncc1Cl. The first-order valence-electron chi connectivity index (χ1n) is 5.18. The lowest BCUT2D eigenvalue weighted by Crippen LogP contribution is -2.28. The van der Waals surface area contributed by atoms with E-state index in [9.17, 15) is 4.79 Å². The van der Waals surface area contributed by atoms with Gasteiger partial charge in [-0.05, 0) is 0 Å². The van der Waals surface area contributed by atoms with Crippen molar-refractivity contribution in [3.8, 4) is 12.3 Å². The minimum absolute atomic E-state index is 0.136. The molecule has 1 heterocycles. The van der Waals surface area contributed by atoms with Crippen molar-refractivity contribution in [2.24, 2.45) is 0 Å². The highest BCUT2D eigenvalue weighted by Crippen LogP contribution is 2.17. The number of carbonyl (C=O) groups excluding carboxylic acids is 1. The second-order valence-electron chi connectivity index (χ2n) is 3.94. The zero-order valence-electron chi connectivity index (χ0n) is 10.1. The van der Waals surface area contributed by atoms with Gasteiger partial charge in [-0.1, -0.05) is 31.4 Å². The summed E-state index contributed by atoms with van der Waals surface area (Å²) in [7, 11) is 1.61. The van der Waals surface area contributed by atoms with E-state index < -0.39 is 0 Å². The van der Waals surface area contributed by atoms with E-state index in [4.69, 9.17) is 18.0 Å². The molecule has 4 nitrogen and oxygen atoms in total. The molecule has 0 aliphatic carbocycles. The van der Waals surface area contributed by atoms with E-state index in [1.807, 2.05) is 13.8 Å². The van der Waals surface area contributed by atoms with Crippen molar-refractivity contribution < 1.29 is 4.79 Å². The molecular formula is C12H14ClN3O. The van der Waals surface area contributed by atoms with Crippen LogP contribution in [0.5, 0.6) is 0 Å². The summed E-state index contributed by atoms with van der Waals surface area (Å²) in [6.07, 6.45) is 6.60. The third-order valence-electron chi connectivity index (χ3n) is 2.16. The van der Waals surface area contributed by atoms with Crippen LogP contribution >= 0.6 is 11.6 Å². The van der Waals surface area contributed by atoms with Crippen molar-refractivity contribution in [1.82, 2.24) is 14.9 Å². The van der Waals surface area contributed by atoms with Gasteiger partial charge in [-0.15, -0.1) is 6.42 Å². The minimum atomic E-state index is -0.294. The summed E-state index contributed by atoms with van der Waals surface area (Å²) in [6, 6.07) is 0. The van der Waals surface area contributed by atoms with E-state index in [2.05, 4.69) is 15.9 Å². The molecular weight excluding hydrogens is 238 g/mol. The number of hydrogen-bond acceptors (Lipinski definition) is 3. The van der Waals surface area contributed by atoms with Gasteiger partial charge in [-0.3, -0.25) is 4.79 Å². The molecule has 1 aromatic heterocycles. The van der Waals surface area contributed by atoms with Crippen LogP contribution in [0.3, 0.4) is 0 Å². The van der Waals surface area contributed by atoms with Crippen molar-refractivity contribution >= 4 is 17.5 Å². The second-order valence-corrected chi connectivity index (χ2v) is 4.35. The Morgan fingerprint density at radius 1 is 1.65 bits per heavy atom. The predicted octanol–water partition coefficient (Wildman–Crippen LogP) is 1.96. The molecule has 0 aromatic carbocycles. The lowest BCUT2D eigenvalue weighted by Gasteiger charge is -2.14. The van der Waals surface area contributed by atoms with Crippen molar-refractivity contribution in [1.29, 1.82) is 0 Å². The first kappa shape index (κ1) is 13.5. The van der Waals surface area contributed by atoms with Crippen LogP contribution in [0.25, 0.3) is 0 Å². The van der Waals surface area contributed by atoms with Gasteiger partial charge in [0.2, 0.25) is 0 Å². The zero-order valence-corrected chi connectivity index (χ0v) is 10.8. The third kappa shape index (κ3) is 3.18. The van der Waals surface area contributed by atoms with Crippen LogP contribution in [0.2, 0.25) is 5.02 Å². The Balaban J connectivity index is 3.08. The molecule has 0 atom stereocenters. The van der Waals surface area contributed by atoms with E-state index in [0.717, 1.165) is 0 Å². The van der Waals surface area contributed by atoms with E-state index >= 15 is 0 Å². The smallest absolute Gasteiger partial charge is 0.274 e. The summed E-state index contributed by atoms with van der Waals surface area (Å²) in [5.41, 5.74) is 0.197. The molecule has 1 rings (SSSR count). The normalized spacial score (nSPS) is 10.1. The second kappa shape index (κ2) is 5.65. The van der Waals surface area contributed by atoms with Crippen molar-refractivity contribution in [2.75, 3.05) is 13.6 Å². The maximum Gasteiger partial charge on any atom is 0.274 e. The predicted molar refractivity (Wildman–Crippen MR) is 66.9 cm³/mol. The fourth-order valence-corrected chi connectivity index (χ4v) is 1.37. The number of rotatable bonds is 3. The quantitative estimate of drug-likeness (QED) is 0.772. The number of carbonyl (C=O) groups is 1. The van der Waals surface area contributed by atoms with Gasteiger partial charge in [0.05, 0.1) is 17.8 Å². The Bertz CT molecular complexity index is 465. The Morgan fingerprint density at radius 2 is 2.29 bits per heavy atom. The van der Waals surface area contributed by atoms with Crippen molar-refractivity contribution in [2.45, 2.75) is 19.8 Å². The highest BCUT2D eigenvalue weighted by atomic mass is 35.5. The molecule has 0 N–H and O–H groups in total. The van der Waals surface area contributed by atoms with E-state index in [-0.39, 0.29) is 29.1 Å². The fraction of sp³-hybridized carbons (Fsp3) is 0.417. The van der Waals surface area contributed by atoms with E-state index in [1.165, 1.54) is 11.1 Å². The number of halogens is 1. The zero-order chi connectivity index (χ0) is 13.0.